The number of carbonyl (C=O) groups is 1. The highest BCUT2D eigenvalue weighted by atomic mass is 28.4. The average Bonchev–Trinajstić information content (AvgIpc) is 3.57. The molecule has 2 aliphatic rings. The van der Waals surface area contributed by atoms with Crippen molar-refractivity contribution in [3.05, 3.63) is 82.5 Å². The number of ketones is 1. The van der Waals surface area contributed by atoms with Crippen LogP contribution in [0.4, 0.5) is 0 Å². The molecule has 0 saturated carbocycles. The van der Waals surface area contributed by atoms with E-state index in [0.29, 0.717) is 24.0 Å². The van der Waals surface area contributed by atoms with Gasteiger partial charge in [-0.25, -0.2) is 0 Å². The van der Waals surface area contributed by atoms with E-state index in [0.717, 1.165) is 79.9 Å². The van der Waals surface area contributed by atoms with Gasteiger partial charge in [-0.05, 0) is 157 Å². The summed E-state index contributed by atoms with van der Waals surface area (Å²) < 4.78 is 38.4. The molecule has 4 rings (SSSR count). The van der Waals surface area contributed by atoms with E-state index in [-0.39, 0.29) is 45.7 Å². The second kappa shape index (κ2) is 26.2. The van der Waals surface area contributed by atoms with Crippen LogP contribution in [-0.2, 0) is 35.3 Å². The lowest BCUT2D eigenvalue weighted by Crippen LogP contribution is -2.43. The summed E-state index contributed by atoms with van der Waals surface area (Å²) in [5, 5.41) is 0.620. The molecule has 0 radical (unpaired) electrons. The number of hydrogen-bond donors (Lipinski definition) is 0. The molecule has 11 heteroatoms. The lowest BCUT2D eigenvalue weighted by Gasteiger charge is -2.43. The Balaban J connectivity index is 0.000000494. The Hall–Kier alpha value is -2.54. The van der Waals surface area contributed by atoms with Crippen LogP contribution in [0.3, 0.4) is 0 Å². The Morgan fingerprint density at radius 3 is 1.67 bits per heavy atom. The first-order valence-electron chi connectivity index (χ1n) is 27.2. The lowest BCUT2D eigenvalue weighted by molar-refractivity contribution is -0.115. The van der Waals surface area contributed by atoms with E-state index in [9.17, 15) is 4.79 Å². The molecule has 2 aliphatic carbocycles. The van der Waals surface area contributed by atoms with Gasteiger partial charge < -0.3 is 27.2 Å². The molecule has 0 aliphatic heterocycles. The number of ether oxygens (including phenoxy) is 2. The van der Waals surface area contributed by atoms with Gasteiger partial charge in [0, 0.05) is 37.2 Å². The van der Waals surface area contributed by atoms with Crippen molar-refractivity contribution >= 4 is 39.1 Å². The number of rotatable bonds is 20. The van der Waals surface area contributed by atoms with Gasteiger partial charge in [-0.15, -0.1) is 12.5 Å². The molecule has 0 aromatic heterocycles. The van der Waals surface area contributed by atoms with E-state index in [4.69, 9.17) is 27.2 Å². The predicted molar refractivity (Wildman–Crippen MR) is 323 cm³/mol. The van der Waals surface area contributed by atoms with Gasteiger partial charge in [0.1, 0.15) is 17.6 Å². The van der Waals surface area contributed by atoms with Crippen molar-refractivity contribution in [3.63, 3.8) is 0 Å². The van der Waals surface area contributed by atoms with Gasteiger partial charge in [0.25, 0.3) is 0 Å². The first kappa shape index (κ1) is 66.6. The molecular weight excluding hydrogens is 969 g/mol. The molecule has 0 unspecified atom stereocenters. The van der Waals surface area contributed by atoms with E-state index in [1.54, 1.807) is 14.2 Å². The van der Waals surface area contributed by atoms with Crippen LogP contribution >= 0.6 is 0 Å². The summed E-state index contributed by atoms with van der Waals surface area (Å²) in [6, 6.07) is 12.5. The molecule has 0 fully saturated rings. The molecule has 0 saturated heterocycles. The molecule has 0 spiro atoms. The molecular formula is C62H108O7Si4. The number of methoxy groups -OCH3 is 2. The van der Waals surface area contributed by atoms with Crippen molar-refractivity contribution in [1.82, 2.24) is 0 Å². The summed E-state index contributed by atoms with van der Waals surface area (Å²) >= 11 is 0. The SMILES string of the molecule is C.C=CCc1c(OC)cccc1[C@H](C#CCC[C@@H](C)CO[Si](C)(C)C(C)(C)C)O[Si](C)(C)C(C)(C)C.COc1cccc2c1C[C@H]1CC(=O)C(CC[C@@H](C)CO[Si](C)(C)C(C)(C)C)=C1[C@@H]2O[Si](C)(C)C(C)(C)C. The first-order valence-corrected chi connectivity index (χ1v) is 38.8. The van der Waals surface area contributed by atoms with Gasteiger partial charge in [-0.1, -0.05) is 141 Å². The zero-order valence-corrected chi connectivity index (χ0v) is 54.4. The fourth-order valence-corrected chi connectivity index (χ4v) is 12.7. The third kappa shape index (κ3) is 17.5. The van der Waals surface area contributed by atoms with Gasteiger partial charge in [0.15, 0.2) is 39.1 Å². The van der Waals surface area contributed by atoms with Crippen LogP contribution < -0.4 is 9.47 Å². The van der Waals surface area contributed by atoms with E-state index in [2.05, 4.69) is 186 Å². The fraction of sp³-hybridized carbons (Fsp3) is 0.694. The van der Waals surface area contributed by atoms with Crippen molar-refractivity contribution in [3.8, 4) is 23.3 Å². The monoisotopic (exact) mass is 1080 g/mol. The number of Topliss-reactive ketones (excluding diaryl/α,β-unsaturated/α-hetero) is 1. The third-order valence-electron chi connectivity index (χ3n) is 17.4. The van der Waals surface area contributed by atoms with Crippen LogP contribution in [0.2, 0.25) is 72.5 Å². The minimum atomic E-state index is -2.10. The Bertz CT molecular complexity index is 2220. The molecule has 5 atom stereocenters. The molecule has 0 N–H and O–H groups in total. The number of benzene rings is 2. The maximum Gasteiger partial charge on any atom is 0.194 e. The predicted octanol–water partition coefficient (Wildman–Crippen LogP) is 18.2. The normalized spacial score (nSPS) is 18.0. The lowest BCUT2D eigenvalue weighted by atomic mass is 9.78. The molecule has 2 aromatic rings. The van der Waals surface area contributed by atoms with Crippen molar-refractivity contribution in [2.45, 2.75) is 234 Å². The topological polar surface area (TPSA) is 72.5 Å². The Morgan fingerprint density at radius 2 is 1.18 bits per heavy atom. The molecule has 0 heterocycles. The van der Waals surface area contributed by atoms with Crippen molar-refractivity contribution in [2.24, 2.45) is 17.8 Å². The number of allylic oxidation sites excluding steroid dienone is 2. The Kier molecular flexibility index (Phi) is 23.9. The Labute approximate surface area is 453 Å². The number of fused-ring (bicyclic) bond motifs is 2. The summed E-state index contributed by atoms with van der Waals surface area (Å²) in [7, 11) is -4.18. The van der Waals surface area contributed by atoms with Gasteiger partial charge in [-0.2, -0.15) is 0 Å². The molecule has 0 amide bonds. The minimum absolute atomic E-state index is 0. The Morgan fingerprint density at radius 1 is 0.685 bits per heavy atom. The van der Waals surface area contributed by atoms with Gasteiger partial charge >= 0.3 is 0 Å². The highest BCUT2D eigenvalue weighted by Crippen LogP contribution is 2.53. The van der Waals surface area contributed by atoms with E-state index in [1.807, 2.05) is 24.3 Å². The summed E-state index contributed by atoms with van der Waals surface area (Å²) in [6.45, 7) is 55.9. The molecule has 414 valence electrons. The zero-order valence-electron chi connectivity index (χ0n) is 50.4. The van der Waals surface area contributed by atoms with Crippen LogP contribution in [0.25, 0.3) is 0 Å². The van der Waals surface area contributed by atoms with Gasteiger partial charge in [0.2, 0.25) is 0 Å². The third-order valence-corrected chi connectivity index (χ3v) is 35.2. The maximum atomic E-state index is 13.5. The van der Waals surface area contributed by atoms with E-state index >= 15 is 0 Å². The van der Waals surface area contributed by atoms with Crippen LogP contribution in [0.15, 0.2) is 60.2 Å². The van der Waals surface area contributed by atoms with Crippen molar-refractivity contribution < 1.29 is 32.0 Å². The van der Waals surface area contributed by atoms with Crippen LogP contribution in [-0.4, -0.2) is 66.5 Å². The first-order chi connectivity index (χ1) is 32.9. The summed E-state index contributed by atoms with van der Waals surface area (Å²) in [5.41, 5.74) is 6.90. The van der Waals surface area contributed by atoms with Crippen molar-refractivity contribution in [2.75, 3.05) is 27.4 Å². The second-order valence-electron chi connectivity index (χ2n) is 27.3. The molecule has 0 bridgehead atoms. The zero-order chi connectivity index (χ0) is 55.1. The number of carbonyl (C=O) groups excluding carboxylic acids is 1. The highest BCUT2D eigenvalue weighted by Gasteiger charge is 2.47. The molecule has 7 nitrogen and oxygen atoms in total. The largest absolute Gasteiger partial charge is 0.496 e. The van der Waals surface area contributed by atoms with Crippen LogP contribution in [0.5, 0.6) is 11.5 Å². The van der Waals surface area contributed by atoms with E-state index in [1.165, 1.54) is 16.7 Å². The fourth-order valence-electron chi connectivity index (χ4n) is 8.15. The summed E-state index contributed by atoms with van der Waals surface area (Å²) in [4.78, 5) is 13.5. The van der Waals surface area contributed by atoms with E-state index < -0.39 is 33.3 Å². The highest BCUT2D eigenvalue weighted by molar-refractivity contribution is 6.75. The minimum Gasteiger partial charge on any atom is -0.496 e. The standard InChI is InChI=1S/C31H52O4Si2.C30H52O3Si2.CH4/c1-21(20-34-36(9,10)30(2,3)4)16-17-24-26(32)19-22-18-25-23(14-13-15-27(25)33-8)29(28(22)24)35-37(11,12)31(5,6)7;1-14-18-25-26(20-17-22-27(25)31-9)28(33-35(12,13)30(6,7)8)21-16-15-19-24(2)23-32-34(10,11)29(3,4)5;/h13-15,21-22,29H,16-20H2,1-12H3;14,17,20,22,24,28H,1,15,18-19,23H2,2-13H3;1H4/t21-,22+,29-;24-,28+;/m11./s1. The number of hydrogen-bond acceptors (Lipinski definition) is 7. The quantitative estimate of drug-likeness (QED) is 0.0743. The molecule has 2 aromatic carbocycles. The van der Waals surface area contributed by atoms with Crippen LogP contribution in [0.1, 0.15) is 171 Å². The average molecular weight is 1080 g/mol. The smallest absolute Gasteiger partial charge is 0.194 e. The van der Waals surface area contributed by atoms with Gasteiger partial charge in [0.05, 0.1) is 20.3 Å². The van der Waals surface area contributed by atoms with Crippen LogP contribution in [0, 0.1) is 29.6 Å². The second-order valence-corrected chi connectivity index (χ2v) is 46.4. The summed E-state index contributed by atoms with van der Waals surface area (Å²) in [5.74, 6) is 10.2. The molecule has 73 heavy (non-hydrogen) atoms. The summed E-state index contributed by atoms with van der Waals surface area (Å²) in [6.07, 6.45) is 7.27. The van der Waals surface area contributed by atoms with Crippen molar-refractivity contribution in [1.29, 1.82) is 0 Å². The van der Waals surface area contributed by atoms with Gasteiger partial charge in [-0.3, -0.25) is 4.79 Å². The maximum absolute atomic E-state index is 13.5.